The number of carboxylic acid groups (broad SMARTS) is 1. The van der Waals surface area contributed by atoms with E-state index in [1.807, 2.05) is 25.1 Å². The maximum atomic E-state index is 15.3. The van der Waals surface area contributed by atoms with E-state index >= 15 is 23.6 Å². The van der Waals surface area contributed by atoms with E-state index < -0.39 is 144 Å². The molecule has 0 unspecified atom stereocenters. The van der Waals surface area contributed by atoms with Crippen LogP contribution in [0.4, 0.5) is 8.78 Å². The number of nitrogens with one attached hydrogen (secondary N) is 9. The fraction of sp³-hybridized carbons (Fsp3) is 0.417. The Morgan fingerprint density at radius 2 is 1.37 bits per heavy atom. The van der Waals surface area contributed by atoms with Crippen molar-refractivity contribution in [3.63, 3.8) is 0 Å². The van der Waals surface area contributed by atoms with Gasteiger partial charge in [0.25, 0.3) is 0 Å². The van der Waals surface area contributed by atoms with Gasteiger partial charge in [-0.15, -0.1) is 0 Å². The van der Waals surface area contributed by atoms with E-state index in [2.05, 4.69) is 52.2 Å². The molecule has 2 bridgehead atoms. The van der Waals surface area contributed by atoms with Gasteiger partial charge >= 0.3 is 5.97 Å². The minimum atomic E-state index is -2.03. The smallest absolute Gasteiger partial charge is 0.305 e. The van der Waals surface area contributed by atoms with Gasteiger partial charge in [-0.1, -0.05) is 48.0 Å². The standard InChI is InChI=1S/C72H85F2N13O13S2/c1-40-22-42-24-43(23-40)37-102-38-47(65(76)94)28-61(89)72(2)18-5-20-87(72)71(100)60(25-41-7-14-51(88)15-8-41)86-69(98)58(31-50-34-77-39-80-50)84-70(99)59(32-64(92)93)85-68(97)57(26-45-10-9-44-11-12-48(73)29-52(44)45)83-67(96)56(27-46-33-78-54-16-13-49(74)30-53(46)54)82-63(91)35-79-66(95)55(6-3-4-19-75)81-62(90)17-21-101-36-42/h7-8,10-16,22-24,29-30,33-34,39,47,55-60,78,88H,3-6,9,17-21,25-28,31-32,35-38,75H2,1-2H3,(H2,76,94)(H,77,80)(H,79,95)(H,81,90)(H,82,91)(H,83,96)(H,84,99)(H,85,97)(H,86,98)(H,92,93)/t47-,55-,56-,57-,58-,59-,60-,72-/m0/s1. The fourth-order valence-corrected chi connectivity index (χ4v) is 14.9. The number of hydrogen-bond donors (Lipinski definition) is 13. The van der Waals surface area contributed by atoms with E-state index in [0.29, 0.717) is 81.8 Å². The van der Waals surface area contributed by atoms with E-state index in [1.54, 1.807) is 13.0 Å². The summed E-state index contributed by atoms with van der Waals surface area (Å²) in [4.78, 5) is 169. The summed E-state index contributed by atoms with van der Waals surface area (Å²) < 4.78 is 29.9. The number of amides is 9. The first kappa shape index (κ1) is 76.2. The number of unbranched alkanes of at least 4 members (excludes halogenated alkanes) is 1. The third-order valence-corrected chi connectivity index (χ3v) is 20.6. The Labute approximate surface area is 595 Å². The van der Waals surface area contributed by atoms with Crippen LogP contribution in [0, 0.1) is 24.5 Å². The summed E-state index contributed by atoms with van der Waals surface area (Å²) in [6.45, 7) is 3.15. The lowest BCUT2D eigenvalue weighted by Gasteiger charge is -2.37. The molecule has 4 aromatic carbocycles. The minimum absolute atomic E-state index is 0.0181. The Bertz CT molecular complexity index is 4120. The van der Waals surface area contributed by atoms with E-state index in [9.17, 15) is 48.2 Å². The number of aromatic nitrogens is 3. The van der Waals surface area contributed by atoms with Crippen molar-refractivity contribution in [2.45, 2.75) is 151 Å². The highest BCUT2D eigenvalue weighted by molar-refractivity contribution is 7.98. The summed E-state index contributed by atoms with van der Waals surface area (Å²) in [5.41, 5.74) is 16.0. The number of carbonyl (C=O) groups is 11. The molecule has 1 fully saturated rings. The number of aromatic hydroxyl groups is 1. The van der Waals surface area contributed by atoms with Crippen molar-refractivity contribution in [1.29, 1.82) is 0 Å². The number of carboxylic acids is 1. The number of halogens is 2. The molecule has 3 aliphatic rings. The average molecular weight is 1440 g/mol. The van der Waals surface area contributed by atoms with E-state index in [1.165, 1.54) is 108 Å². The van der Waals surface area contributed by atoms with Crippen LogP contribution in [0.5, 0.6) is 5.75 Å². The second-order valence-electron chi connectivity index (χ2n) is 26.1. The molecule has 542 valence electrons. The Morgan fingerprint density at radius 1 is 0.716 bits per heavy atom. The largest absolute Gasteiger partial charge is 0.508 e. The van der Waals surface area contributed by atoms with Gasteiger partial charge in [-0.25, -0.2) is 13.8 Å². The number of aliphatic carboxylic acids is 1. The van der Waals surface area contributed by atoms with Crippen molar-refractivity contribution >= 4 is 105 Å². The van der Waals surface area contributed by atoms with Gasteiger partial charge in [-0.2, -0.15) is 23.5 Å². The molecule has 26 nitrogen and oxygen atoms in total. The maximum Gasteiger partial charge on any atom is 0.305 e. The molecule has 30 heteroatoms. The van der Waals surface area contributed by atoms with Gasteiger partial charge in [0.1, 0.15) is 53.6 Å². The summed E-state index contributed by atoms with van der Waals surface area (Å²) >= 11 is 2.88. The highest BCUT2D eigenvalue weighted by atomic mass is 32.2. The number of ketones is 1. The highest BCUT2D eigenvalue weighted by Crippen LogP contribution is 2.35. The third-order valence-electron chi connectivity index (χ3n) is 18.4. The zero-order valence-corrected chi connectivity index (χ0v) is 58.1. The van der Waals surface area contributed by atoms with Crippen LogP contribution < -0.4 is 48.7 Å². The lowest BCUT2D eigenvalue weighted by Crippen LogP contribution is -2.61. The number of nitrogens with zero attached hydrogens (tertiary/aromatic N) is 2. The van der Waals surface area contributed by atoms with Crippen LogP contribution in [0.3, 0.4) is 0 Å². The Kier molecular flexibility index (Phi) is 26.6. The molecule has 9 amide bonds. The number of hydrogen-bond acceptors (Lipinski definition) is 16. The SMILES string of the molecule is Cc1cc2cc(c1)CSC[C@@H](C(N)=O)CC(=O)[C@]1(C)CCCN1C(=O)[C@H](Cc1ccc(O)cc1)NC(=O)[C@H](Cc1cnc[nH]1)NC(=O)[C@H](CC(=O)O)NC(=O)[C@H](CC1=CCc3ccc(F)cc31)NC(=O)[C@H](Cc1c[nH]c3ccc(F)cc13)NC(=O)CNC(=O)[C@H](CCCCN)NC(=O)CCSC2. The van der Waals surface area contributed by atoms with E-state index in [-0.39, 0.29) is 75.1 Å². The monoisotopic (exact) mass is 1440 g/mol. The molecule has 9 rings (SSSR count). The molecule has 0 radical (unpaired) electrons. The maximum absolute atomic E-state index is 15.3. The number of allylic oxidation sites excluding steroid dienone is 1. The first-order valence-corrected chi connectivity index (χ1v) is 36.0. The third kappa shape index (κ3) is 20.9. The predicted molar refractivity (Wildman–Crippen MR) is 378 cm³/mol. The molecule has 8 atom stereocenters. The summed E-state index contributed by atoms with van der Waals surface area (Å²) in [6, 6.07) is 10.0. The summed E-state index contributed by atoms with van der Waals surface area (Å²) in [5, 5.41) is 39.3. The number of carbonyl (C=O) groups excluding carboxylic acids is 10. The van der Waals surface area contributed by atoms with Crippen molar-refractivity contribution in [2.75, 3.05) is 31.1 Å². The molecule has 1 aliphatic carbocycles. The average Bonchev–Trinajstić information content (AvgIpc) is 1.60. The molecule has 0 saturated carbocycles. The zero-order chi connectivity index (χ0) is 73.2. The first-order valence-electron chi connectivity index (χ1n) is 33.7. The molecule has 0 spiro atoms. The molecule has 6 aromatic rings. The summed E-state index contributed by atoms with van der Waals surface area (Å²) in [7, 11) is 0. The van der Waals surface area contributed by atoms with Gasteiger partial charge in [0, 0.05) is 97.1 Å². The van der Waals surface area contributed by atoms with Crippen molar-refractivity contribution in [3.8, 4) is 5.75 Å². The molecular formula is C72H85F2N13O13S2. The van der Waals surface area contributed by atoms with E-state index in [4.69, 9.17) is 11.5 Å². The van der Waals surface area contributed by atoms with Gasteiger partial charge in [0.15, 0.2) is 5.78 Å². The number of rotatable bonds is 15. The predicted octanol–water partition coefficient (Wildman–Crippen LogP) is 3.88. The minimum Gasteiger partial charge on any atom is -0.508 e. The molecule has 102 heavy (non-hydrogen) atoms. The van der Waals surface area contributed by atoms with Gasteiger partial charge in [-0.05, 0) is 140 Å². The number of primary amides is 1. The molecular weight excluding hydrogens is 1360 g/mol. The summed E-state index contributed by atoms with van der Waals surface area (Å²) in [5.74, 6) is -10.8. The van der Waals surface area contributed by atoms with Gasteiger partial charge in [0.05, 0.1) is 30.7 Å². The lowest BCUT2D eigenvalue weighted by atomic mass is 9.86. The van der Waals surface area contributed by atoms with Crippen LogP contribution in [-0.4, -0.2) is 168 Å². The fourth-order valence-electron chi connectivity index (χ4n) is 12.9. The number of imidazole rings is 1. The normalized spacial score (nSPS) is 23.1. The first-order chi connectivity index (χ1) is 48.8. The second kappa shape index (κ2) is 35.6. The number of phenols is 1. The lowest BCUT2D eigenvalue weighted by molar-refractivity contribution is -0.146. The number of aromatic amines is 2. The topological polar surface area (TPSA) is 412 Å². The molecule has 4 heterocycles. The van der Waals surface area contributed by atoms with Gasteiger partial charge < -0.3 is 73.8 Å². The van der Waals surface area contributed by atoms with Crippen LogP contribution in [-0.2, 0) is 89.9 Å². The molecule has 1 saturated heterocycles. The number of thioether (sulfide) groups is 2. The van der Waals surface area contributed by atoms with Gasteiger partial charge in [-0.3, -0.25) is 52.7 Å². The number of nitrogens with two attached hydrogens (primary N) is 2. The number of Topliss-reactive ketones (excluding diaryl/α,β-unsaturated/α-hetero) is 1. The second-order valence-corrected chi connectivity index (χ2v) is 28.3. The number of aryl methyl sites for hydroxylation is 1. The van der Waals surface area contributed by atoms with Crippen molar-refractivity contribution in [3.05, 3.63) is 160 Å². The van der Waals surface area contributed by atoms with Gasteiger partial charge in [0.2, 0.25) is 53.2 Å². The van der Waals surface area contributed by atoms with Crippen molar-refractivity contribution in [2.24, 2.45) is 17.4 Å². The number of benzene rings is 4. The van der Waals surface area contributed by atoms with Crippen LogP contribution in [0.15, 0.2) is 104 Å². The number of fused-ring (bicyclic) bond motifs is 5. The molecule has 2 aromatic heterocycles. The van der Waals surface area contributed by atoms with Crippen molar-refractivity contribution in [1.82, 2.24) is 57.1 Å². The highest BCUT2D eigenvalue weighted by Gasteiger charge is 2.48. The number of H-pyrrole nitrogens is 2. The van der Waals surface area contributed by atoms with Crippen LogP contribution in [0.25, 0.3) is 16.5 Å². The Balaban J connectivity index is 1.06. The summed E-state index contributed by atoms with van der Waals surface area (Å²) in [6.07, 6.45) is 4.96. The Morgan fingerprint density at radius 3 is 2.07 bits per heavy atom. The van der Waals surface area contributed by atoms with Crippen LogP contribution in [0.2, 0.25) is 0 Å². The molecule has 2 aliphatic heterocycles. The van der Waals surface area contributed by atoms with Crippen molar-refractivity contribution < 1.29 is 71.7 Å². The Hall–Kier alpha value is -9.94. The number of phenolic OH excluding ortho intramolecular Hbond substituents is 1. The molecule has 15 N–H and O–H groups in total. The zero-order valence-electron chi connectivity index (χ0n) is 56.5. The van der Waals surface area contributed by atoms with Crippen LogP contribution >= 0.6 is 23.5 Å². The van der Waals surface area contributed by atoms with Crippen LogP contribution in [0.1, 0.15) is 109 Å². The quantitative estimate of drug-likeness (QED) is 0.0649. The van der Waals surface area contributed by atoms with E-state index in [0.717, 1.165) is 16.7 Å².